The zero-order valence-corrected chi connectivity index (χ0v) is 12.5. The molecule has 0 bridgehead atoms. The summed E-state index contributed by atoms with van der Waals surface area (Å²) in [6.07, 6.45) is 6.01. The Morgan fingerprint density at radius 2 is 2.00 bits per heavy atom. The lowest BCUT2D eigenvalue weighted by atomic mass is 10.1. The summed E-state index contributed by atoms with van der Waals surface area (Å²) in [5.74, 6) is 0.855. The van der Waals surface area contributed by atoms with Gasteiger partial charge < -0.3 is 15.6 Å². The fourth-order valence-electron chi connectivity index (χ4n) is 2.51. The number of hydrogen-bond donors (Lipinski definition) is 3. The molecule has 3 aromatic rings. The van der Waals surface area contributed by atoms with E-state index in [-0.39, 0.29) is 5.91 Å². The van der Waals surface area contributed by atoms with Crippen LogP contribution in [0.4, 0.5) is 11.5 Å². The van der Waals surface area contributed by atoms with Crippen molar-refractivity contribution in [2.45, 2.75) is 25.3 Å². The summed E-state index contributed by atoms with van der Waals surface area (Å²) in [4.78, 5) is 23.3. The largest absolute Gasteiger partial charge is 0.353 e. The smallest absolute Gasteiger partial charge is 0.224 e. The van der Waals surface area contributed by atoms with Gasteiger partial charge in [0, 0.05) is 17.9 Å². The number of amides is 1. The van der Waals surface area contributed by atoms with Gasteiger partial charge in [-0.15, -0.1) is 0 Å². The summed E-state index contributed by atoms with van der Waals surface area (Å²) in [6.45, 7) is 0. The van der Waals surface area contributed by atoms with Crippen LogP contribution in [0.5, 0.6) is 0 Å². The summed E-state index contributed by atoms with van der Waals surface area (Å²) in [7, 11) is 0. The molecule has 3 N–H and O–H groups in total. The number of nitrogens with zero attached hydrogens (tertiary/aromatic N) is 2. The van der Waals surface area contributed by atoms with Crippen LogP contribution in [0.15, 0.2) is 42.9 Å². The van der Waals surface area contributed by atoms with E-state index in [1.54, 1.807) is 0 Å². The van der Waals surface area contributed by atoms with Gasteiger partial charge in [0.2, 0.25) is 5.91 Å². The Labute approximate surface area is 133 Å². The van der Waals surface area contributed by atoms with Crippen molar-refractivity contribution in [1.82, 2.24) is 20.3 Å². The minimum absolute atomic E-state index is 0.0954. The van der Waals surface area contributed by atoms with Gasteiger partial charge in [-0.25, -0.2) is 9.97 Å². The van der Waals surface area contributed by atoms with Gasteiger partial charge >= 0.3 is 0 Å². The van der Waals surface area contributed by atoms with Crippen molar-refractivity contribution in [3.8, 4) is 0 Å². The number of carbonyl (C=O) groups is 1. The van der Waals surface area contributed by atoms with Gasteiger partial charge in [-0.05, 0) is 36.6 Å². The average molecular weight is 307 g/mol. The van der Waals surface area contributed by atoms with E-state index < -0.39 is 0 Å². The minimum Gasteiger partial charge on any atom is -0.353 e. The van der Waals surface area contributed by atoms with E-state index >= 15 is 0 Å². The third kappa shape index (κ3) is 3.15. The molecule has 1 aromatic carbocycles. The third-order valence-corrected chi connectivity index (χ3v) is 3.88. The van der Waals surface area contributed by atoms with Crippen LogP contribution >= 0.6 is 0 Å². The highest BCUT2D eigenvalue weighted by molar-refractivity contribution is 5.88. The summed E-state index contributed by atoms with van der Waals surface area (Å²) >= 11 is 0. The first-order chi connectivity index (χ1) is 11.3. The van der Waals surface area contributed by atoms with Crippen LogP contribution in [0.1, 0.15) is 18.4 Å². The Kier molecular flexibility index (Phi) is 3.42. The fraction of sp³-hybridized carbons (Fsp3) is 0.235. The maximum atomic E-state index is 11.8. The molecule has 1 aliphatic rings. The number of rotatable bonds is 5. The van der Waals surface area contributed by atoms with E-state index in [0.29, 0.717) is 12.5 Å². The Morgan fingerprint density at radius 1 is 1.17 bits per heavy atom. The third-order valence-electron chi connectivity index (χ3n) is 3.88. The van der Waals surface area contributed by atoms with Crippen molar-refractivity contribution in [2.24, 2.45) is 0 Å². The Balaban J connectivity index is 1.45. The standard InChI is InChI=1S/C17H17N5O/c23-15(21-12-5-6-12)9-11-1-3-13(4-2-11)22-17-14-7-8-18-16(14)19-10-20-17/h1-4,7-8,10,12H,5-6,9H2,(H,21,23)(H2,18,19,20,22). The van der Waals surface area contributed by atoms with Gasteiger partial charge in [0.05, 0.1) is 11.8 Å². The maximum absolute atomic E-state index is 11.8. The molecule has 23 heavy (non-hydrogen) atoms. The van der Waals surface area contributed by atoms with Crippen molar-refractivity contribution in [3.63, 3.8) is 0 Å². The van der Waals surface area contributed by atoms with E-state index in [4.69, 9.17) is 0 Å². The molecule has 1 saturated carbocycles. The molecule has 6 heteroatoms. The monoisotopic (exact) mass is 307 g/mol. The lowest BCUT2D eigenvalue weighted by molar-refractivity contribution is -0.120. The number of hydrogen-bond acceptors (Lipinski definition) is 4. The quantitative estimate of drug-likeness (QED) is 0.676. The van der Waals surface area contributed by atoms with Crippen LogP contribution in [-0.4, -0.2) is 26.9 Å². The van der Waals surface area contributed by atoms with E-state index in [9.17, 15) is 4.79 Å². The SMILES string of the molecule is O=C(Cc1ccc(Nc2ncnc3[nH]ccc23)cc1)NC1CC1. The van der Waals surface area contributed by atoms with Crippen LogP contribution in [-0.2, 0) is 11.2 Å². The molecule has 0 radical (unpaired) electrons. The molecule has 0 spiro atoms. The minimum atomic E-state index is 0.0954. The molecule has 116 valence electrons. The highest BCUT2D eigenvalue weighted by Gasteiger charge is 2.22. The van der Waals surface area contributed by atoms with Crippen molar-refractivity contribution < 1.29 is 4.79 Å². The second-order valence-corrected chi connectivity index (χ2v) is 5.80. The van der Waals surface area contributed by atoms with Gasteiger partial charge in [0.15, 0.2) is 0 Å². The van der Waals surface area contributed by atoms with Gasteiger partial charge in [-0.1, -0.05) is 12.1 Å². The number of nitrogens with one attached hydrogen (secondary N) is 3. The molecule has 0 atom stereocenters. The van der Waals surface area contributed by atoms with E-state index in [1.165, 1.54) is 6.33 Å². The summed E-state index contributed by atoms with van der Waals surface area (Å²) in [6, 6.07) is 10.2. The number of anilines is 2. The molecular formula is C17H17N5O. The predicted octanol–water partition coefficient (Wildman–Crippen LogP) is 2.52. The van der Waals surface area contributed by atoms with Crippen LogP contribution in [0.3, 0.4) is 0 Å². The second-order valence-electron chi connectivity index (χ2n) is 5.80. The van der Waals surface area contributed by atoms with Crippen molar-refractivity contribution >= 4 is 28.4 Å². The lowest BCUT2D eigenvalue weighted by Gasteiger charge is -2.08. The summed E-state index contributed by atoms with van der Waals surface area (Å²) < 4.78 is 0. The van der Waals surface area contributed by atoms with Crippen LogP contribution in [0.2, 0.25) is 0 Å². The lowest BCUT2D eigenvalue weighted by Crippen LogP contribution is -2.26. The van der Waals surface area contributed by atoms with Crippen LogP contribution in [0, 0.1) is 0 Å². The van der Waals surface area contributed by atoms with E-state index in [0.717, 1.165) is 40.9 Å². The average Bonchev–Trinajstić information content (AvgIpc) is 3.22. The van der Waals surface area contributed by atoms with E-state index in [2.05, 4.69) is 25.6 Å². The van der Waals surface area contributed by atoms with Gasteiger partial charge in [0.25, 0.3) is 0 Å². The number of H-pyrrole nitrogens is 1. The molecule has 2 heterocycles. The molecule has 4 rings (SSSR count). The number of fused-ring (bicyclic) bond motifs is 1. The zero-order valence-electron chi connectivity index (χ0n) is 12.5. The van der Waals surface area contributed by atoms with Crippen molar-refractivity contribution in [3.05, 3.63) is 48.4 Å². The Hall–Kier alpha value is -2.89. The van der Waals surface area contributed by atoms with Crippen LogP contribution < -0.4 is 10.6 Å². The molecule has 0 unspecified atom stereocenters. The highest BCUT2D eigenvalue weighted by atomic mass is 16.1. The number of benzene rings is 1. The molecule has 2 aromatic heterocycles. The predicted molar refractivity (Wildman–Crippen MR) is 88.5 cm³/mol. The zero-order chi connectivity index (χ0) is 15.6. The van der Waals surface area contributed by atoms with Gasteiger partial charge in [-0.3, -0.25) is 4.79 Å². The van der Waals surface area contributed by atoms with Gasteiger partial charge in [-0.2, -0.15) is 0 Å². The summed E-state index contributed by atoms with van der Waals surface area (Å²) in [5, 5.41) is 7.23. The number of aromatic nitrogens is 3. The molecule has 0 saturated heterocycles. The Bertz CT molecular complexity index is 836. The first-order valence-corrected chi connectivity index (χ1v) is 7.71. The molecule has 1 aliphatic carbocycles. The topological polar surface area (TPSA) is 82.7 Å². The summed E-state index contributed by atoms with van der Waals surface area (Å²) in [5.41, 5.74) is 2.73. The molecule has 0 aliphatic heterocycles. The first-order valence-electron chi connectivity index (χ1n) is 7.71. The van der Waals surface area contributed by atoms with Gasteiger partial charge in [0.1, 0.15) is 17.8 Å². The number of aromatic amines is 1. The van der Waals surface area contributed by atoms with E-state index in [1.807, 2.05) is 36.5 Å². The first kappa shape index (κ1) is 13.8. The van der Waals surface area contributed by atoms with Crippen molar-refractivity contribution in [1.29, 1.82) is 0 Å². The Morgan fingerprint density at radius 3 is 2.78 bits per heavy atom. The highest BCUT2D eigenvalue weighted by Crippen LogP contribution is 2.22. The molecule has 1 fully saturated rings. The molecule has 1 amide bonds. The maximum Gasteiger partial charge on any atom is 0.224 e. The van der Waals surface area contributed by atoms with Crippen LogP contribution in [0.25, 0.3) is 11.0 Å². The number of carbonyl (C=O) groups excluding carboxylic acids is 1. The fourth-order valence-corrected chi connectivity index (χ4v) is 2.51. The van der Waals surface area contributed by atoms with Crippen molar-refractivity contribution in [2.75, 3.05) is 5.32 Å². The molecular weight excluding hydrogens is 290 g/mol. The second kappa shape index (κ2) is 5.72. The normalized spacial score (nSPS) is 13.9. The molecule has 6 nitrogen and oxygen atoms in total.